The van der Waals surface area contributed by atoms with Crippen molar-refractivity contribution in [2.24, 2.45) is 0 Å². The molecule has 0 atom stereocenters. The molecule has 0 unspecified atom stereocenters. The molecule has 0 aliphatic carbocycles. The predicted molar refractivity (Wildman–Crippen MR) is 90.7 cm³/mol. The van der Waals surface area contributed by atoms with Crippen LogP contribution in [0.5, 0.6) is 0 Å². The van der Waals surface area contributed by atoms with E-state index in [4.69, 9.17) is 4.42 Å². The lowest BCUT2D eigenvalue weighted by molar-refractivity contribution is -0.120. The average Bonchev–Trinajstić information content (AvgIpc) is 3.32. The Hall–Kier alpha value is -3.35. The van der Waals surface area contributed by atoms with Gasteiger partial charge >= 0.3 is 0 Å². The fourth-order valence-corrected chi connectivity index (χ4v) is 2.36. The standard InChI is InChI=1S/C18H18N4O3/c23-17(12-20-18(24)16-7-3-10-25-16)19-11-14-5-1-2-6-15(14)13-22-9-4-8-21-22/h1-10H,11-13H2,(H,19,23)(H,20,24). The fourth-order valence-electron chi connectivity index (χ4n) is 2.36. The highest BCUT2D eigenvalue weighted by Gasteiger charge is 2.10. The summed E-state index contributed by atoms with van der Waals surface area (Å²) in [7, 11) is 0. The van der Waals surface area contributed by atoms with Crippen LogP contribution >= 0.6 is 0 Å². The van der Waals surface area contributed by atoms with E-state index in [0.29, 0.717) is 13.1 Å². The Bertz CT molecular complexity index is 826. The molecule has 2 aromatic heterocycles. The van der Waals surface area contributed by atoms with Crippen LogP contribution in [0, 0.1) is 0 Å². The summed E-state index contributed by atoms with van der Waals surface area (Å²) in [6.45, 7) is 0.905. The third-order valence-corrected chi connectivity index (χ3v) is 3.64. The van der Waals surface area contributed by atoms with E-state index in [0.717, 1.165) is 11.1 Å². The number of carbonyl (C=O) groups is 2. The molecule has 0 aliphatic heterocycles. The number of rotatable bonds is 7. The second-order valence-electron chi connectivity index (χ2n) is 5.41. The molecule has 0 bridgehead atoms. The van der Waals surface area contributed by atoms with Crippen LogP contribution in [0.15, 0.2) is 65.5 Å². The highest BCUT2D eigenvalue weighted by molar-refractivity contribution is 5.94. The van der Waals surface area contributed by atoms with Gasteiger partial charge < -0.3 is 15.1 Å². The largest absolute Gasteiger partial charge is 0.459 e. The lowest BCUT2D eigenvalue weighted by Gasteiger charge is -2.11. The first-order valence-corrected chi connectivity index (χ1v) is 7.85. The summed E-state index contributed by atoms with van der Waals surface area (Å²) in [5, 5.41) is 9.51. The number of amides is 2. The third-order valence-electron chi connectivity index (χ3n) is 3.64. The maximum Gasteiger partial charge on any atom is 0.287 e. The van der Waals surface area contributed by atoms with Gasteiger partial charge in [-0.2, -0.15) is 5.10 Å². The number of benzene rings is 1. The Morgan fingerprint density at radius 3 is 2.60 bits per heavy atom. The van der Waals surface area contributed by atoms with Gasteiger partial charge in [-0.1, -0.05) is 24.3 Å². The predicted octanol–water partition coefficient (Wildman–Crippen LogP) is 1.57. The molecule has 0 spiro atoms. The van der Waals surface area contributed by atoms with Crippen molar-refractivity contribution in [2.45, 2.75) is 13.1 Å². The molecule has 25 heavy (non-hydrogen) atoms. The molecule has 128 valence electrons. The van der Waals surface area contributed by atoms with Crippen LogP contribution < -0.4 is 10.6 Å². The lowest BCUT2D eigenvalue weighted by Crippen LogP contribution is -2.36. The molecular weight excluding hydrogens is 320 g/mol. The molecule has 0 aliphatic rings. The lowest BCUT2D eigenvalue weighted by atomic mass is 10.1. The molecule has 7 nitrogen and oxygen atoms in total. The van der Waals surface area contributed by atoms with Gasteiger partial charge in [0.25, 0.3) is 5.91 Å². The molecule has 1 aromatic carbocycles. The normalized spacial score (nSPS) is 10.4. The van der Waals surface area contributed by atoms with Crippen molar-refractivity contribution in [3.8, 4) is 0 Å². The summed E-state index contributed by atoms with van der Waals surface area (Å²) in [6.07, 6.45) is 5.02. The summed E-state index contributed by atoms with van der Waals surface area (Å²) in [4.78, 5) is 23.7. The van der Waals surface area contributed by atoms with Crippen molar-refractivity contribution in [1.29, 1.82) is 0 Å². The van der Waals surface area contributed by atoms with Gasteiger partial charge in [0.1, 0.15) is 0 Å². The molecule has 0 saturated heterocycles. The third kappa shape index (κ3) is 4.57. The van der Waals surface area contributed by atoms with E-state index >= 15 is 0 Å². The van der Waals surface area contributed by atoms with Crippen molar-refractivity contribution in [3.05, 3.63) is 78.0 Å². The molecule has 2 N–H and O–H groups in total. The highest BCUT2D eigenvalue weighted by atomic mass is 16.3. The zero-order chi connectivity index (χ0) is 17.5. The SMILES string of the molecule is O=C(CNC(=O)c1ccco1)NCc1ccccc1Cn1cccn1. The van der Waals surface area contributed by atoms with Crippen LogP contribution in [0.25, 0.3) is 0 Å². The Balaban J connectivity index is 1.51. The van der Waals surface area contributed by atoms with E-state index in [1.807, 2.05) is 41.2 Å². The topological polar surface area (TPSA) is 89.2 Å². The maximum absolute atomic E-state index is 11.9. The smallest absolute Gasteiger partial charge is 0.287 e. The molecule has 3 rings (SSSR count). The van der Waals surface area contributed by atoms with Gasteiger partial charge in [0.2, 0.25) is 5.91 Å². The molecule has 3 aromatic rings. The van der Waals surface area contributed by atoms with Crippen molar-refractivity contribution in [2.75, 3.05) is 6.54 Å². The van der Waals surface area contributed by atoms with E-state index in [2.05, 4.69) is 15.7 Å². The minimum Gasteiger partial charge on any atom is -0.459 e. The van der Waals surface area contributed by atoms with Gasteiger partial charge in [-0.3, -0.25) is 14.3 Å². The Kier molecular flexibility index (Phi) is 5.26. The minimum atomic E-state index is -0.417. The van der Waals surface area contributed by atoms with Crippen LogP contribution in [0.4, 0.5) is 0 Å². The fraction of sp³-hybridized carbons (Fsp3) is 0.167. The van der Waals surface area contributed by atoms with E-state index in [1.165, 1.54) is 6.26 Å². The van der Waals surface area contributed by atoms with Gasteiger partial charge in [0.15, 0.2) is 5.76 Å². The van der Waals surface area contributed by atoms with Crippen molar-refractivity contribution in [3.63, 3.8) is 0 Å². The molecule has 0 radical (unpaired) electrons. The minimum absolute atomic E-state index is 0.110. The Morgan fingerprint density at radius 1 is 1.04 bits per heavy atom. The molecule has 0 saturated carbocycles. The van der Waals surface area contributed by atoms with Gasteiger partial charge in [-0.05, 0) is 29.3 Å². The van der Waals surface area contributed by atoms with Crippen LogP contribution in [0.3, 0.4) is 0 Å². The molecule has 0 fully saturated rings. The number of nitrogens with zero attached hydrogens (tertiary/aromatic N) is 2. The summed E-state index contributed by atoms with van der Waals surface area (Å²) >= 11 is 0. The molecule has 2 amide bonds. The number of aromatic nitrogens is 2. The zero-order valence-corrected chi connectivity index (χ0v) is 13.5. The quantitative estimate of drug-likeness (QED) is 0.684. The molecule has 7 heteroatoms. The second-order valence-corrected chi connectivity index (χ2v) is 5.41. The van der Waals surface area contributed by atoms with Crippen molar-refractivity contribution in [1.82, 2.24) is 20.4 Å². The van der Waals surface area contributed by atoms with Gasteiger partial charge in [0.05, 0.1) is 19.4 Å². The van der Waals surface area contributed by atoms with E-state index in [1.54, 1.807) is 18.3 Å². The van der Waals surface area contributed by atoms with Crippen LogP contribution in [-0.4, -0.2) is 28.1 Å². The van der Waals surface area contributed by atoms with Crippen molar-refractivity contribution >= 4 is 11.8 Å². The highest BCUT2D eigenvalue weighted by Crippen LogP contribution is 2.10. The molecular formula is C18H18N4O3. The number of furan rings is 1. The van der Waals surface area contributed by atoms with Gasteiger partial charge in [-0.25, -0.2) is 0 Å². The number of carbonyl (C=O) groups excluding carboxylic acids is 2. The van der Waals surface area contributed by atoms with Gasteiger partial charge in [-0.15, -0.1) is 0 Å². The van der Waals surface area contributed by atoms with Crippen LogP contribution in [-0.2, 0) is 17.9 Å². The summed E-state index contributed by atoms with van der Waals surface area (Å²) in [5.74, 6) is -0.509. The summed E-state index contributed by atoms with van der Waals surface area (Å²) < 4.78 is 6.79. The maximum atomic E-state index is 11.9. The number of hydrogen-bond donors (Lipinski definition) is 2. The first-order chi connectivity index (χ1) is 12.2. The number of hydrogen-bond acceptors (Lipinski definition) is 4. The Labute approximate surface area is 144 Å². The monoisotopic (exact) mass is 338 g/mol. The van der Waals surface area contributed by atoms with Crippen LogP contribution in [0.2, 0.25) is 0 Å². The zero-order valence-electron chi connectivity index (χ0n) is 13.5. The first-order valence-electron chi connectivity index (χ1n) is 7.85. The first kappa shape index (κ1) is 16.5. The van der Waals surface area contributed by atoms with Crippen molar-refractivity contribution < 1.29 is 14.0 Å². The molecule has 2 heterocycles. The average molecular weight is 338 g/mol. The second kappa shape index (κ2) is 7.96. The number of nitrogens with one attached hydrogen (secondary N) is 2. The van der Waals surface area contributed by atoms with Crippen LogP contribution in [0.1, 0.15) is 21.7 Å². The summed E-state index contributed by atoms with van der Waals surface area (Å²) in [5.41, 5.74) is 2.08. The Morgan fingerprint density at radius 2 is 1.88 bits per heavy atom. The van der Waals surface area contributed by atoms with E-state index < -0.39 is 5.91 Å². The van der Waals surface area contributed by atoms with E-state index in [-0.39, 0.29) is 18.2 Å². The van der Waals surface area contributed by atoms with E-state index in [9.17, 15) is 9.59 Å². The summed E-state index contributed by atoms with van der Waals surface area (Å²) in [6, 6.07) is 12.9. The van der Waals surface area contributed by atoms with Gasteiger partial charge in [0, 0.05) is 18.9 Å².